The summed E-state index contributed by atoms with van der Waals surface area (Å²) in [4.78, 5) is 18.0. The molecule has 3 aromatic rings. The predicted molar refractivity (Wildman–Crippen MR) is 95.9 cm³/mol. The second kappa shape index (κ2) is 6.47. The van der Waals surface area contributed by atoms with Crippen LogP contribution in [-0.4, -0.2) is 24.5 Å². The summed E-state index contributed by atoms with van der Waals surface area (Å²) >= 11 is 0. The normalized spacial score (nSPS) is 14.3. The topological polar surface area (TPSA) is 67.6 Å². The lowest BCUT2D eigenvalue weighted by atomic mass is 10.2. The van der Waals surface area contributed by atoms with Gasteiger partial charge in [-0.15, -0.1) is 0 Å². The zero-order valence-corrected chi connectivity index (χ0v) is 14.0. The van der Waals surface area contributed by atoms with Crippen molar-refractivity contribution in [3.05, 3.63) is 48.0 Å². The number of aromatic nitrogens is 1. The minimum absolute atomic E-state index is 0.202. The molecule has 0 atom stereocenters. The quantitative estimate of drug-likeness (QED) is 0.771. The van der Waals surface area contributed by atoms with Crippen molar-refractivity contribution < 1.29 is 13.9 Å². The molecule has 0 bridgehead atoms. The number of benzene rings is 2. The van der Waals surface area contributed by atoms with E-state index >= 15 is 0 Å². The van der Waals surface area contributed by atoms with E-state index in [1.165, 1.54) is 0 Å². The van der Waals surface area contributed by atoms with Gasteiger partial charge in [-0.1, -0.05) is 12.1 Å². The monoisotopic (exact) mass is 337 g/mol. The van der Waals surface area contributed by atoms with Gasteiger partial charge in [-0.05, 0) is 36.2 Å². The van der Waals surface area contributed by atoms with Crippen LogP contribution in [0.4, 0.5) is 11.7 Å². The number of hydrogen-bond donors (Lipinski definition) is 1. The highest BCUT2D eigenvalue weighted by Crippen LogP contribution is 2.25. The van der Waals surface area contributed by atoms with Crippen molar-refractivity contribution in [1.29, 1.82) is 0 Å². The lowest BCUT2D eigenvalue weighted by molar-refractivity contribution is -0.117. The Morgan fingerprint density at radius 3 is 2.80 bits per heavy atom. The second-order valence-corrected chi connectivity index (χ2v) is 6.02. The van der Waals surface area contributed by atoms with Crippen molar-refractivity contribution in [1.82, 2.24) is 4.98 Å². The highest BCUT2D eigenvalue weighted by atomic mass is 16.5. The Morgan fingerprint density at radius 1 is 1.24 bits per heavy atom. The first-order chi connectivity index (χ1) is 12.2. The van der Waals surface area contributed by atoms with Crippen molar-refractivity contribution in [3.63, 3.8) is 0 Å². The number of nitrogens with one attached hydrogen (secondary N) is 1. The van der Waals surface area contributed by atoms with Crippen LogP contribution < -0.4 is 15.0 Å². The third kappa shape index (κ3) is 3.15. The van der Waals surface area contributed by atoms with Crippen molar-refractivity contribution in [3.8, 4) is 5.75 Å². The maximum absolute atomic E-state index is 11.8. The lowest BCUT2D eigenvalue weighted by Gasteiger charge is -2.15. The van der Waals surface area contributed by atoms with E-state index in [-0.39, 0.29) is 5.91 Å². The molecule has 1 aromatic heterocycles. The summed E-state index contributed by atoms with van der Waals surface area (Å²) in [5, 5.41) is 3.19. The van der Waals surface area contributed by atoms with Crippen LogP contribution >= 0.6 is 0 Å². The molecular weight excluding hydrogens is 318 g/mol. The average Bonchev–Trinajstić information content (AvgIpc) is 3.25. The molecule has 1 amide bonds. The largest absolute Gasteiger partial charge is 0.497 e. The smallest absolute Gasteiger partial charge is 0.295 e. The minimum atomic E-state index is 0.202. The van der Waals surface area contributed by atoms with Crippen molar-refractivity contribution >= 4 is 28.7 Å². The number of rotatable bonds is 5. The van der Waals surface area contributed by atoms with Crippen molar-refractivity contribution in [2.75, 3.05) is 23.9 Å². The molecule has 4 rings (SSSR count). The summed E-state index contributed by atoms with van der Waals surface area (Å²) in [5.74, 6) is 0.940. The van der Waals surface area contributed by atoms with Crippen LogP contribution in [0.5, 0.6) is 5.75 Å². The number of ether oxygens (including phenoxy) is 1. The first-order valence-electron chi connectivity index (χ1n) is 8.31. The van der Waals surface area contributed by atoms with Crippen LogP contribution in [0.15, 0.2) is 46.9 Å². The van der Waals surface area contributed by atoms with Gasteiger partial charge in [-0.2, -0.15) is 4.98 Å². The first kappa shape index (κ1) is 15.5. The van der Waals surface area contributed by atoms with Gasteiger partial charge in [0.05, 0.1) is 7.11 Å². The van der Waals surface area contributed by atoms with Crippen LogP contribution in [0.2, 0.25) is 0 Å². The van der Waals surface area contributed by atoms with Gasteiger partial charge in [0.25, 0.3) is 6.01 Å². The molecule has 1 N–H and O–H groups in total. The number of methoxy groups -OCH3 is 1. The van der Waals surface area contributed by atoms with E-state index in [1.807, 2.05) is 47.4 Å². The molecule has 0 saturated carbocycles. The van der Waals surface area contributed by atoms with Crippen LogP contribution in [0.3, 0.4) is 0 Å². The molecule has 6 heteroatoms. The minimum Gasteiger partial charge on any atom is -0.497 e. The fourth-order valence-electron chi connectivity index (χ4n) is 3.00. The van der Waals surface area contributed by atoms with Gasteiger partial charge in [0, 0.05) is 31.3 Å². The lowest BCUT2D eigenvalue weighted by Crippen LogP contribution is -2.23. The third-order valence-electron chi connectivity index (χ3n) is 4.36. The molecule has 1 aliphatic heterocycles. The molecular formula is C19H19N3O3. The number of amides is 1. The van der Waals surface area contributed by atoms with Gasteiger partial charge < -0.3 is 19.4 Å². The van der Waals surface area contributed by atoms with Gasteiger partial charge in [-0.25, -0.2) is 0 Å². The van der Waals surface area contributed by atoms with Crippen LogP contribution in [-0.2, 0) is 11.3 Å². The van der Waals surface area contributed by atoms with Gasteiger partial charge in [0.1, 0.15) is 11.3 Å². The number of fused-ring (bicyclic) bond motifs is 1. The molecule has 2 aromatic carbocycles. The molecule has 0 aliphatic carbocycles. The van der Waals surface area contributed by atoms with Crippen molar-refractivity contribution in [2.24, 2.45) is 0 Å². The number of hydrogen-bond acceptors (Lipinski definition) is 5. The molecule has 0 radical (unpaired) electrons. The Bertz CT molecular complexity index is 902. The van der Waals surface area contributed by atoms with Crippen molar-refractivity contribution in [2.45, 2.75) is 19.4 Å². The Morgan fingerprint density at radius 2 is 2.08 bits per heavy atom. The summed E-state index contributed by atoms with van der Waals surface area (Å²) in [6, 6.07) is 14.0. The first-order valence-corrected chi connectivity index (χ1v) is 8.31. The van der Waals surface area contributed by atoms with Gasteiger partial charge in [0.2, 0.25) is 5.91 Å². The van der Waals surface area contributed by atoms with E-state index in [0.29, 0.717) is 24.6 Å². The Labute approximate surface area is 145 Å². The van der Waals surface area contributed by atoms with Crippen LogP contribution in [0, 0.1) is 0 Å². The maximum atomic E-state index is 11.8. The summed E-state index contributed by atoms with van der Waals surface area (Å²) < 4.78 is 10.9. The molecule has 6 nitrogen and oxygen atoms in total. The van der Waals surface area contributed by atoms with Crippen LogP contribution in [0.1, 0.15) is 18.4 Å². The number of oxazole rings is 1. The standard InChI is InChI=1S/C19H19N3O3/c1-24-15-8-9-16-17(11-15)25-19(21-16)20-12-13-4-6-14(7-5-13)22-10-2-3-18(22)23/h4-9,11H,2-3,10,12H2,1H3,(H,20,21). The highest BCUT2D eigenvalue weighted by Gasteiger charge is 2.21. The fraction of sp³-hybridized carbons (Fsp3) is 0.263. The van der Waals surface area contributed by atoms with Crippen LogP contribution in [0.25, 0.3) is 11.1 Å². The summed E-state index contributed by atoms with van der Waals surface area (Å²) in [6.07, 6.45) is 1.58. The summed E-state index contributed by atoms with van der Waals surface area (Å²) in [5.41, 5.74) is 3.52. The molecule has 1 aliphatic rings. The molecule has 0 unspecified atom stereocenters. The number of nitrogens with zero attached hydrogens (tertiary/aromatic N) is 2. The van der Waals surface area contributed by atoms with E-state index < -0.39 is 0 Å². The molecule has 0 spiro atoms. The fourth-order valence-corrected chi connectivity index (χ4v) is 3.00. The average molecular weight is 337 g/mol. The van der Waals surface area contributed by atoms with Gasteiger partial charge in [0.15, 0.2) is 5.58 Å². The summed E-state index contributed by atoms with van der Waals surface area (Å²) in [6.45, 7) is 1.40. The number of anilines is 2. The second-order valence-electron chi connectivity index (χ2n) is 6.02. The third-order valence-corrected chi connectivity index (χ3v) is 4.36. The van der Waals surface area contributed by atoms with Gasteiger partial charge in [-0.3, -0.25) is 4.79 Å². The summed E-state index contributed by atoms with van der Waals surface area (Å²) in [7, 11) is 1.62. The SMILES string of the molecule is COc1ccc2nc(NCc3ccc(N4CCCC4=O)cc3)oc2c1. The number of carbonyl (C=O) groups is 1. The molecule has 128 valence electrons. The molecule has 2 heterocycles. The van der Waals surface area contributed by atoms with E-state index in [0.717, 1.165) is 35.5 Å². The van der Waals surface area contributed by atoms with Gasteiger partial charge >= 0.3 is 0 Å². The zero-order chi connectivity index (χ0) is 17.2. The van der Waals surface area contributed by atoms with E-state index in [9.17, 15) is 4.79 Å². The van der Waals surface area contributed by atoms with E-state index in [2.05, 4.69) is 10.3 Å². The van der Waals surface area contributed by atoms with E-state index in [1.54, 1.807) is 7.11 Å². The Kier molecular flexibility index (Phi) is 4.01. The molecule has 1 fully saturated rings. The van der Waals surface area contributed by atoms with E-state index in [4.69, 9.17) is 9.15 Å². The highest BCUT2D eigenvalue weighted by molar-refractivity contribution is 5.95. The predicted octanol–water partition coefficient (Wildman–Crippen LogP) is 3.58. The zero-order valence-electron chi connectivity index (χ0n) is 14.0. The maximum Gasteiger partial charge on any atom is 0.295 e. The molecule has 25 heavy (non-hydrogen) atoms. The molecule has 1 saturated heterocycles. The number of carbonyl (C=O) groups excluding carboxylic acids is 1. The Balaban J connectivity index is 1.43. The Hall–Kier alpha value is -3.02.